The van der Waals surface area contributed by atoms with Crippen molar-refractivity contribution < 1.29 is 21.6 Å². The molecule has 2 aliphatic carbocycles. The Morgan fingerprint density at radius 3 is 2.42 bits per heavy atom. The lowest BCUT2D eigenvalue weighted by molar-refractivity contribution is -0.0858. The van der Waals surface area contributed by atoms with E-state index in [1.165, 1.54) is 29.6 Å². The molecule has 0 fully saturated rings. The van der Waals surface area contributed by atoms with E-state index in [4.69, 9.17) is 5.14 Å². The van der Waals surface area contributed by atoms with Crippen LogP contribution in [0.3, 0.4) is 0 Å². The predicted molar refractivity (Wildman–Crippen MR) is 96.3 cm³/mol. The van der Waals surface area contributed by atoms with Gasteiger partial charge < -0.3 is 0 Å². The molecule has 1 unspecified atom stereocenters. The molecular weight excluding hydrogens is 383 g/mol. The molecule has 2 N–H and O–H groups in total. The zero-order valence-electron chi connectivity index (χ0n) is 13.4. The van der Waals surface area contributed by atoms with E-state index >= 15 is 0 Å². The lowest BCUT2D eigenvalue weighted by atomic mass is 9.94. The summed E-state index contributed by atoms with van der Waals surface area (Å²) in [5, 5.41) is 6.35. The second-order valence-electron chi connectivity index (χ2n) is 6.14. The van der Waals surface area contributed by atoms with Gasteiger partial charge in [-0.25, -0.2) is 13.6 Å². The number of allylic oxidation sites excluding steroid dienone is 7. The van der Waals surface area contributed by atoms with Crippen molar-refractivity contribution in [1.82, 2.24) is 0 Å². The van der Waals surface area contributed by atoms with E-state index < -0.39 is 32.3 Å². The SMILES string of the molecule is NS(=O)(=O)c1ccc(S2=CC(C(F)(F)F)=C3C2=CC2=C3CCC=C2)cc1. The van der Waals surface area contributed by atoms with E-state index in [1.807, 2.05) is 18.2 Å². The zero-order chi connectivity index (χ0) is 18.7. The number of fused-ring (bicyclic) bond motifs is 2. The lowest BCUT2D eigenvalue weighted by Crippen LogP contribution is -2.14. The fourth-order valence-corrected chi connectivity index (χ4v) is 5.99. The van der Waals surface area contributed by atoms with Gasteiger partial charge >= 0.3 is 6.18 Å². The van der Waals surface area contributed by atoms with Gasteiger partial charge in [-0.15, -0.1) is 10.5 Å². The zero-order valence-corrected chi connectivity index (χ0v) is 15.0. The summed E-state index contributed by atoms with van der Waals surface area (Å²) in [5.74, 6) is 0. The molecular formula is C18H14F3NO2S2. The smallest absolute Gasteiger partial charge is 0.225 e. The van der Waals surface area contributed by atoms with E-state index in [2.05, 4.69) is 0 Å². The Bertz CT molecular complexity index is 1070. The molecule has 0 saturated heterocycles. The molecule has 1 aromatic carbocycles. The van der Waals surface area contributed by atoms with Gasteiger partial charge in [-0.2, -0.15) is 13.2 Å². The second kappa shape index (κ2) is 5.80. The van der Waals surface area contributed by atoms with E-state index in [9.17, 15) is 21.6 Å². The molecule has 1 atom stereocenters. The molecule has 136 valence electrons. The van der Waals surface area contributed by atoms with Gasteiger partial charge in [0.1, 0.15) is 0 Å². The highest BCUT2D eigenvalue weighted by Crippen LogP contribution is 2.55. The van der Waals surface area contributed by atoms with Gasteiger partial charge in [0.15, 0.2) is 0 Å². The molecule has 8 heteroatoms. The van der Waals surface area contributed by atoms with Crippen LogP contribution >= 0.6 is 10.5 Å². The summed E-state index contributed by atoms with van der Waals surface area (Å²) in [4.78, 5) is 1.22. The van der Waals surface area contributed by atoms with Crippen LogP contribution in [0.5, 0.6) is 0 Å². The van der Waals surface area contributed by atoms with Gasteiger partial charge in [-0.1, -0.05) is 12.2 Å². The molecule has 0 spiro atoms. The van der Waals surface area contributed by atoms with Crippen LogP contribution < -0.4 is 5.14 Å². The summed E-state index contributed by atoms with van der Waals surface area (Å²) in [6.45, 7) is 0. The summed E-state index contributed by atoms with van der Waals surface area (Å²) in [7, 11) is -4.73. The molecule has 4 rings (SSSR count). The fraction of sp³-hybridized carbons (Fsp3) is 0.167. The number of benzene rings is 1. The third kappa shape index (κ3) is 2.82. The number of primary sulfonamides is 1. The maximum Gasteiger partial charge on any atom is 0.417 e. The number of halogens is 3. The van der Waals surface area contributed by atoms with Crippen molar-refractivity contribution in [2.24, 2.45) is 5.14 Å². The number of sulfonamides is 1. The first-order valence-electron chi connectivity index (χ1n) is 7.81. The van der Waals surface area contributed by atoms with E-state index in [-0.39, 0.29) is 4.90 Å². The van der Waals surface area contributed by atoms with Gasteiger partial charge in [0, 0.05) is 15.4 Å². The Morgan fingerprint density at radius 1 is 1.12 bits per heavy atom. The Kier molecular flexibility index (Phi) is 3.91. The summed E-state index contributed by atoms with van der Waals surface area (Å²) in [6, 6.07) is 5.73. The molecule has 0 aromatic heterocycles. The molecule has 0 amide bonds. The third-order valence-electron chi connectivity index (χ3n) is 4.50. The molecule has 1 aromatic rings. The minimum Gasteiger partial charge on any atom is -0.225 e. The van der Waals surface area contributed by atoms with Crippen LogP contribution in [0.1, 0.15) is 12.8 Å². The van der Waals surface area contributed by atoms with Crippen molar-refractivity contribution in [3.8, 4) is 0 Å². The molecule has 0 radical (unpaired) electrons. The van der Waals surface area contributed by atoms with Crippen molar-refractivity contribution in [3.05, 3.63) is 69.7 Å². The maximum atomic E-state index is 13.6. The minimum atomic E-state index is -4.43. The second-order valence-corrected chi connectivity index (χ2v) is 9.53. The van der Waals surface area contributed by atoms with Crippen molar-refractivity contribution >= 4 is 25.9 Å². The number of alkyl halides is 3. The monoisotopic (exact) mass is 397 g/mol. The Balaban J connectivity index is 1.82. The molecule has 0 bridgehead atoms. The summed E-state index contributed by atoms with van der Waals surface area (Å²) < 4.78 is 63.6. The largest absolute Gasteiger partial charge is 0.417 e. The summed E-state index contributed by atoms with van der Waals surface area (Å²) in [6.07, 6.45) is 2.55. The quantitative estimate of drug-likeness (QED) is 0.761. The Hall–Kier alpha value is -1.90. The first-order valence-corrected chi connectivity index (χ1v) is 10.6. The fourth-order valence-electron chi connectivity index (χ4n) is 3.34. The Morgan fingerprint density at radius 2 is 1.81 bits per heavy atom. The first-order chi connectivity index (χ1) is 12.2. The standard InChI is InChI=1S/C18H14F3NO2S2/c19-18(20,21)15-10-25(12-5-7-13(8-6-12)26(22,23)24)16-9-11-3-1-2-4-14(11)17(15)16/h1,3,5-10H,2,4H2,(H2,22,23,24). The highest BCUT2D eigenvalue weighted by atomic mass is 32.2. The van der Waals surface area contributed by atoms with Gasteiger partial charge in [-0.3, -0.25) is 0 Å². The normalized spacial score (nSPS) is 22.3. The topological polar surface area (TPSA) is 60.2 Å². The van der Waals surface area contributed by atoms with Crippen LogP contribution in [0.2, 0.25) is 0 Å². The van der Waals surface area contributed by atoms with Gasteiger partial charge in [0.2, 0.25) is 10.0 Å². The van der Waals surface area contributed by atoms with Crippen molar-refractivity contribution in [2.45, 2.75) is 28.8 Å². The highest BCUT2D eigenvalue weighted by Gasteiger charge is 2.42. The van der Waals surface area contributed by atoms with Gasteiger partial charge in [0.05, 0.1) is 10.5 Å². The van der Waals surface area contributed by atoms with Crippen molar-refractivity contribution in [3.63, 3.8) is 0 Å². The molecule has 3 nitrogen and oxygen atoms in total. The minimum absolute atomic E-state index is 0.0611. The van der Waals surface area contributed by atoms with Crippen LogP contribution in [-0.4, -0.2) is 20.0 Å². The molecule has 1 heterocycles. The molecule has 0 saturated carbocycles. The van der Waals surface area contributed by atoms with Crippen LogP contribution in [0.25, 0.3) is 0 Å². The van der Waals surface area contributed by atoms with E-state index in [1.54, 1.807) is 0 Å². The van der Waals surface area contributed by atoms with Crippen LogP contribution in [-0.2, 0) is 10.0 Å². The number of rotatable bonds is 2. The molecule has 1 aliphatic heterocycles. The van der Waals surface area contributed by atoms with E-state index in [0.717, 1.165) is 17.6 Å². The van der Waals surface area contributed by atoms with Crippen LogP contribution in [0.15, 0.2) is 79.5 Å². The van der Waals surface area contributed by atoms with Crippen molar-refractivity contribution in [1.29, 1.82) is 0 Å². The Labute approximate surface area is 151 Å². The third-order valence-corrected chi connectivity index (χ3v) is 7.47. The van der Waals surface area contributed by atoms with Gasteiger partial charge in [-0.05, 0) is 59.7 Å². The average molecular weight is 397 g/mol. The number of nitrogens with two attached hydrogens (primary N) is 1. The first kappa shape index (κ1) is 17.5. The van der Waals surface area contributed by atoms with Gasteiger partial charge in [0.25, 0.3) is 0 Å². The van der Waals surface area contributed by atoms with Crippen molar-refractivity contribution in [2.75, 3.05) is 0 Å². The average Bonchev–Trinajstić information content (AvgIpc) is 3.10. The molecule has 26 heavy (non-hydrogen) atoms. The van der Waals surface area contributed by atoms with Crippen LogP contribution in [0, 0.1) is 0 Å². The highest BCUT2D eigenvalue weighted by molar-refractivity contribution is 8.19. The maximum absolute atomic E-state index is 13.6. The number of hydrogen-bond donors (Lipinski definition) is 1. The lowest BCUT2D eigenvalue weighted by Gasteiger charge is -2.14. The van der Waals surface area contributed by atoms with E-state index in [0.29, 0.717) is 21.8 Å². The van der Waals surface area contributed by atoms with Crippen LogP contribution in [0.4, 0.5) is 13.2 Å². The molecule has 3 aliphatic rings. The summed E-state index contributed by atoms with van der Waals surface area (Å²) in [5.41, 5.74) is 1.30. The number of hydrogen-bond acceptors (Lipinski definition) is 2. The predicted octanol–water partition coefficient (Wildman–Crippen LogP) is 4.18. The summed E-state index contributed by atoms with van der Waals surface area (Å²) >= 11 is 0.